The van der Waals surface area contributed by atoms with Gasteiger partial charge in [-0.3, -0.25) is 9.59 Å². The lowest BCUT2D eigenvalue weighted by Gasteiger charge is -2.21. The molecule has 2 amide bonds. The number of thiophene rings is 1. The Morgan fingerprint density at radius 2 is 2.30 bits per heavy atom. The van der Waals surface area contributed by atoms with Crippen molar-refractivity contribution in [2.24, 2.45) is 11.7 Å². The van der Waals surface area contributed by atoms with Gasteiger partial charge in [0.05, 0.1) is 11.4 Å². The molecule has 2 heterocycles. The second kappa shape index (κ2) is 7.61. The van der Waals surface area contributed by atoms with Crippen LogP contribution in [0.2, 0.25) is 0 Å². The van der Waals surface area contributed by atoms with Gasteiger partial charge in [0, 0.05) is 12.6 Å². The maximum atomic E-state index is 12.1. The van der Waals surface area contributed by atoms with Crippen molar-refractivity contribution >= 4 is 35.6 Å². The first-order valence-electron chi connectivity index (χ1n) is 6.43. The quantitative estimate of drug-likeness (QED) is 0.873. The Balaban J connectivity index is 0.00000200. The number of amides is 2. The first-order chi connectivity index (χ1) is 9.11. The molecule has 2 atom stereocenters. The van der Waals surface area contributed by atoms with Crippen molar-refractivity contribution in [2.75, 3.05) is 19.6 Å². The number of halogens is 1. The average molecular weight is 318 g/mol. The van der Waals surface area contributed by atoms with Crippen LogP contribution in [0.25, 0.3) is 0 Å². The van der Waals surface area contributed by atoms with E-state index in [9.17, 15) is 9.59 Å². The molecule has 0 aliphatic carbocycles. The topological polar surface area (TPSA) is 75.4 Å². The van der Waals surface area contributed by atoms with Gasteiger partial charge in [0.15, 0.2) is 0 Å². The maximum absolute atomic E-state index is 12.1. The molecule has 1 aliphatic heterocycles. The molecule has 3 N–H and O–H groups in total. The molecule has 7 heteroatoms. The van der Waals surface area contributed by atoms with Gasteiger partial charge in [0.2, 0.25) is 5.91 Å². The van der Waals surface area contributed by atoms with E-state index in [4.69, 9.17) is 5.73 Å². The molecule has 112 valence electrons. The zero-order chi connectivity index (χ0) is 13.8. The van der Waals surface area contributed by atoms with E-state index in [1.54, 1.807) is 6.07 Å². The number of carbonyl (C=O) groups is 2. The van der Waals surface area contributed by atoms with Crippen molar-refractivity contribution < 1.29 is 9.59 Å². The number of nitrogens with one attached hydrogen (secondary N) is 1. The molecule has 20 heavy (non-hydrogen) atoms. The first-order valence-corrected chi connectivity index (χ1v) is 7.31. The molecule has 0 bridgehead atoms. The zero-order valence-corrected chi connectivity index (χ0v) is 13.0. The highest BCUT2D eigenvalue weighted by Gasteiger charge is 2.31. The summed E-state index contributed by atoms with van der Waals surface area (Å²) in [6, 6.07) is 3.77. The fraction of sp³-hybridized carbons (Fsp3) is 0.538. The molecular weight excluding hydrogens is 298 g/mol. The van der Waals surface area contributed by atoms with Crippen molar-refractivity contribution in [1.29, 1.82) is 0 Å². The lowest BCUT2D eigenvalue weighted by molar-refractivity contribution is -0.130. The van der Waals surface area contributed by atoms with Crippen LogP contribution >= 0.6 is 23.7 Å². The van der Waals surface area contributed by atoms with Crippen LogP contribution < -0.4 is 11.1 Å². The summed E-state index contributed by atoms with van der Waals surface area (Å²) in [6.45, 7) is 3.38. The number of rotatable bonds is 4. The molecule has 0 radical (unpaired) electrons. The fourth-order valence-electron chi connectivity index (χ4n) is 2.41. The molecule has 1 aliphatic rings. The van der Waals surface area contributed by atoms with Gasteiger partial charge >= 0.3 is 0 Å². The van der Waals surface area contributed by atoms with Gasteiger partial charge in [-0.15, -0.1) is 23.7 Å². The van der Waals surface area contributed by atoms with E-state index >= 15 is 0 Å². The fourth-order valence-corrected chi connectivity index (χ4v) is 3.05. The van der Waals surface area contributed by atoms with Crippen LogP contribution in [-0.2, 0) is 4.79 Å². The summed E-state index contributed by atoms with van der Waals surface area (Å²) in [5.74, 6) is 0.158. The lowest BCUT2D eigenvalue weighted by atomic mass is 10.1. The minimum atomic E-state index is -0.189. The Morgan fingerprint density at radius 3 is 2.85 bits per heavy atom. The van der Waals surface area contributed by atoms with Crippen LogP contribution in [0.5, 0.6) is 0 Å². The van der Waals surface area contributed by atoms with Crippen LogP contribution in [0, 0.1) is 5.92 Å². The van der Waals surface area contributed by atoms with E-state index in [1.165, 1.54) is 11.3 Å². The highest BCUT2D eigenvalue weighted by atomic mass is 35.5. The summed E-state index contributed by atoms with van der Waals surface area (Å²) in [4.78, 5) is 26.2. The smallest absolute Gasteiger partial charge is 0.261 e. The Hall–Kier alpha value is -1.11. The second-order valence-electron chi connectivity index (χ2n) is 4.89. The Morgan fingerprint density at radius 1 is 1.55 bits per heavy atom. The van der Waals surface area contributed by atoms with Crippen molar-refractivity contribution in [1.82, 2.24) is 10.2 Å². The monoisotopic (exact) mass is 317 g/mol. The normalized spacial score (nSPS) is 21.4. The molecule has 1 aromatic heterocycles. The Labute approximate surface area is 128 Å². The van der Waals surface area contributed by atoms with Gasteiger partial charge in [-0.05, 0) is 37.3 Å². The number of nitrogens with two attached hydrogens (primary N) is 1. The van der Waals surface area contributed by atoms with Gasteiger partial charge < -0.3 is 16.0 Å². The standard InChI is InChI=1S/C13H19N3O2S.ClH/c1-9-5-10(6-14)8-16(9)12(17)7-15-13(18)11-3-2-4-19-11;/h2-4,9-10H,5-8,14H2,1H3,(H,15,18);1H. The van der Waals surface area contributed by atoms with E-state index in [2.05, 4.69) is 5.32 Å². The number of hydrogen-bond donors (Lipinski definition) is 2. The number of hydrogen-bond acceptors (Lipinski definition) is 4. The SMILES string of the molecule is CC1CC(CN)CN1C(=O)CNC(=O)c1cccs1.Cl. The van der Waals surface area contributed by atoms with Crippen molar-refractivity contribution in [3.63, 3.8) is 0 Å². The third-order valence-corrected chi connectivity index (χ3v) is 4.33. The van der Waals surface area contributed by atoms with Gasteiger partial charge in [-0.25, -0.2) is 0 Å². The third kappa shape index (κ3) is 3.94. The van der Waals surface area contributed by atoms with Gasteiger partial charge in [-0.1, -0.05) is 6.07 Å². The van der Waals surface area contributed by atoms with E-state index in [0.29, 0.717) is 23.9 Å². The predicted octanol–water partition coefficient (Wildman–Crippen LogP) is 1.10. The second-order valence-corrected chi connectivity index (χ2v) is 5.84. The number of likely N-dealkylation sites (tertiary alicyclic amines) is 1. The molecular formula is C13H20ClN3O2S. The highest BCUT2D eigenvalue weighted by molar-refractivity contribution is 7.12. The molecule has 2 rings (SSSR count). The predicted molar refractivity (Wildman–Crippen MR) is 82.2 cm³/mol. The van der Waals surface area contributed by atoms with Crippen LogP contribution in [0.4, 0.5) is 0 Å². The number of carbonyl (C=O) groups excluding carboxylic acids is 2. The van der Waals surface area contributed by atoms with Crippen molar-refractivity contribution in [2.45, 2.75) is 19.4 Å². The summed E-state index contributed by atoms with van der Waals surface area (Å²) >= 11 is 1.37. The summed E-state index contributed by atoms with van der Waals surface area (Å²) in [5, 5.41) is 4.50. The van der Waals surface area contributed by atoms with Gasteiger partial charge in [0.25, 0.3) is 5.91 Å². The summed E-state index contributed by atoms with van der Waals surface area (Å²) < 4.78 is 0. The van der Waals surface area contributed by atoms with E-state index < -0.39 is 0 Å². The molecule has 0 spiro atoms. The van der Waals surface area contributed by atoms with E-state index in [1.807, 2.05) is 23.3 Å². The molecule has 1 aromatic rings. The van der Waals surface area contributed by atoms with Crippen LogP contribution in [0.1, 0.15) is 23.0 Å². The largest absolute Gasteiger partial charge is 0.342 e. The van der Waals surface area contributed by atoms with Gasteiger partial charge in [-0.2, -0.15) is 0 Å². The number of nitrogens with zero attached hydrogens (tertiary/aromatic N) is 1. The first kappa shape index (κ1) is 16.9. The van der Waals surface area contributed by atoms with Crippen molar-refractivity contribution in [3.8, 4) is 0 Å². The maximum Gasteiger partial charge on any atom is 0.261 e. The van der Waals surface area contributed by atoms with E-state index in [0.717, 1.165) is 6.42 Å². The lowest BCUT2D eigenvalue weighted by Crippen LogP contribution is -2.42. The Bertz CT molecular complexity index is 452. The zero-order valence-electron chi connectivity index (χ0n) is 11.4. The molecule has 1 saturated heterocycles. The molecule has 0 saturated carbocycles. The minimum Gasteiger partial charge on any atom is -0.342 e. The van der Waals surface area contributed by atoms with Crippen LogP contribution in [0.15, 0.2) is 17.5 Å². The molecule has 0 aromatic carbocycles. The minimum absolute atomic E-state index is 0. The molecule has 2 unspecified atom stereocenters. The van der Waals surface area contributed by atoms with Crippen LogP contribution in [-0.4, -0.2) is 42.4 Å². The van der Waals surface area contributed by atoms with Crippen LogP contribution in [0.3, 0.4) is 0 Å². The highest BCUT2D eigenvalue weighted by Crippen LogP contribution is 2.21. The summed E-state index contributed by atoms with van der Waals surface area (Å²) in [7, 11) is 0. The third-order valence-electron chi connectivity index (χ3n) is 3.46. The van der Waals surface area contributed by atoms with Crippen molar-refractivity contribution in [3.05, 3.63) is 22.4 Å². The Kier molecular flexibility index (Phi) is 6.45. The van der Waals surface area contributed by atoms with Gasteiger partial charge in [0.1, 0.15) is 0 Å². The molecule has 5 nitrogen and oxygen atoms in total. The summed E-state index contributed by atoms with van der Waals surface area (Å²) in [6.07, 6.45) is 0.946. The average Bonchev–Trinajstić information content (AvgIpc) is 3.04. The molecule has 1 fully saturated rings. The summed E-state index contributed by atoms with van der Waals surface area (Å²) in [5.41, 5.74) is 5.64. The van der Waals surface area contributed by atoms with E-state index in [-0.39, 0.29) is 36.8 Å².